The molecule has 2 nitrogen and oxygen atoms in total. The molecule has 2 saturated heterocycles. The molecule has 2 bridgehead atoms. The fourth-order valence-electron chi connectivity index (χ4n) is 2.46. The predicted octanol–water partition coefficient (Wildman–Crippen LogP) is 1.48. The van der Waals surface area contributed by atoms with Gasteiger partial charge in [0.05, 0.1) is 24.3 Å². The molecule has 12 heavy (non-hydrogen) atoms. The van der Waals surface area contributed by atoms with E-state index in [0.717, 1.165) is 25.5 Å². The van der Waals surface area contributed by atoms with E-state index in [9.17, 15) is 9.18 Å². The molecule has 0 amide bonds. The summed E-state index contributed by atoms with van der Waals surface area (Å²) >= 11 is 0. The van der Waals surface area contributed by atoms with E-state index in [1.165, 1.54) is 0 Å². The average molecular weight is 172 g/mol. The average Bonchev–Trinajstić information content (AvgIpc) is 2.64. The van der Waals surface area contributed by atoms with Gasteiger partial charge in [0, 0.05) is 0 Å². The first-order valence-corrected chi connectivity index (χ1v) is 4.48. The highest BCUT2D eigenvalue weighted by molar-refractivity contribution is 5.61. The number of fused-ring (bicyclic) bond motifs is 2. The van der Waals surface area contributed by atoms with Gasteiger partial charge in [-0.05, 0) is 25.7 Å². The van der Waals surface area contributed by atoms with Crippen LogP contribution in [-0.2, 0) is 9.53 Å². The lowest BCUT2D eigenvalue weighted by Crippen LogP contribution is -2.34. The van der Waals surface area contributed by atoms with Crippen molar-refractivity contribution in [2.75, 3.05) is 6.67 Å². The van der Waals surface area contributed by atoms with Gasteiger partial charge < -0.3 is 9.53 Å². The maximum atomic E-state index is 12.2. The van der Waals surface area contributed by atoms with Crippen molar-refractivity contribution in [2.45, 2.75) is 37.9 Å². The standard InChI is InChI=1S/C9H13FO2/c10-4-3-9(6-11)5-7-1-2-8(9)12-7/h6-8H,1-5H2. The summed E-state index contributed by atoms with van der Waals surface area (Å²) in [5.74, 6) is 0. The summed E-state index contributed by atoms with van der Waals surface area (Å²) in [6, 6.07) is 0. The van der Waals surface area contributed by atoms with Crippen LogP contribution >= 0.6 is 0 Å². The zero-order chi connectivity index (χ0) is 8.60. The van der Waals surface area contributed by atoms with E-state index in [1.807, 2.05) is 0 Å². The third-order valence-electron chi connectivity index (χ3n) is 3.15. The van der Waals surface area contributed by atoms with Crippen LogP contribution in [0.4, 0.5) is 4.39 Å². The van der Waals surface area contributed by atoms with Crippen molar-refractivity contribution >= 4 is 6.29 Å². The van der Waals surface area contributed by atoms with E-state index >= 15 is 0 Å². The quantitative estimate of drug-likeness (QED) is 0.603. The van der Waals surface area contributed by atoms with E-state index in [1.54, 1.807) is 0 Å². The van der Waals surface area contributed by atoms with Crippen molar-refractivity contribution in [3.05, 3.63) is 0 Å². The maximum Gasteiger partial charge on any atom is 0.128 e. The molecule has 3 unspecified atom stereocenters. The molecule has 0 aromatic carbocycles. The summed E-state index contributed by atoms with van der Waals surface area (Å²) in [6.07, 6.45) is 4.22. The van der Waals surface area contributed by atoms with Crippen LogP contribution in [0.1, 0.15) is 25.7 Å². The SMILES string of the molecule is O=CC1(CCF)CC2CCC1O2. The Morgan fingerprint density at radius 1 is 1.58 bits per heavy atom. The molecule has 2 rings (SSSR count). The molecule has 2 aliphatic rings. The Morgan fingerprint density at radius 2 is 2.42 bits per heavy atom. The van der Waals surface area contributed by atoms with Crippen molar-refractivity contribution in [3.63, 3.8) is 0 Å². The van der Waals surface area contributed by atoms with Crippen LogP contribution < -0.4 is 0 Å². The van der Waals surface area contributed by atoms with Crippen LogP contribution in [0.5, 0.6) is 0 Å². The molecule has 2 fully saturated rings. The van der Waals surface area contributed by atoms with Gasteiger partial charge in [-0.15, -0.1) is 0 Å². The molecular weight excluding hydrogens is 159 g/mol. The lowest BCUT2D eigenvalue weighted by molar-refractivity contribution is -0.119. The summed E-state index contributed by atoms with van der Waals surface area (Å²) in [6.45, 7) is -0.411. The molecule has 0 spiro atoms. The Balaban J connectivity index is 2.13. The lowest BCUT2D eigenvalue weighted by atomic mass is 9.73. The fourth-order valence-corrected chi connectivity index (χ4v) is 2.46. The first-order valence-electron chi connectivity index (χ1n) is 4.48. The molecule has 0 saturated carbocycles. The van der Waals surface area contributed by atoms with Gasteiger partial charge in [-0.3, -0.25) is 4.39 Å². The highest BCUT2D eigenvalue weighted by Gasteiger charge is 2.51. The minimum Gasteiger partial charge on any atom is -0.374 e. The third kappa shape index (κ3) is 0.993. The first-order chi connectivity index (χ1) is 5.80. The van der Waals surface area contributed by atoms with Gasteiger partial charge in [-0.1, -0.05) is 0 Å². The van der Waals surface area contributed by atoms with Crippen molar-refractivity contribution < 1.29 is 13.9 Å². The minimum atomic E-state index is -0.475. The maximum absolute atomic E-state index is 12.2. The summed E-state index contributed by atoms with van der Waals surface area (Å²) in [7, 11) is 0. The van der Waals surface area contributed by atoms with Crippen LogP contribution in [0.15, 0.2) is 0 Å². The van der Waals surface area contributed by atoms with E-state index in [2.05, 4.69) is 0 Å². The number of carbonyl (C=O) groups excluding carboxylic acids is 1. The number of ether oxygens (including phenoxy) is 1. The Hall–Kier alpha value is -0.440. The Morgan fingerprint density at radius 3 is 2.83 bits per heavy atom. The number of hydrogen-bond acceptors (Lipinski definition) is 2. The predicted molar refractivity (Wildman–Crippen MR) is 41.6 cm³/mol. The Bertz CT molecular complexity index is 195. The van der Waals surface area contributed by atoms with Gasteiger partial charge in [0.1, 0.15) is 6.29 Å². The van der Waals surface area contributed by atoms with Crippen molar-refractivity contribution in [1.29, 1.82) is 0 Å². The van der Waals surface area contributed by atoms with E-state index < -0.39 is 12.1 Å². The molecule has 2 aliphatic heterocycles. The molecule has 0 aliphatic carbocycles. The monoisotopic (exact) mass is 172 g/mol. The van der Waals surface area contributed by atoms with Crippen molar-refractivity contribution in [2.24, 2.45) is 5.41 Å². The number of halogens is 1. The molecule has 68 valence electrons. The van der Waals surface area contributed by atoms with Crippen LogP contribution in [0.25, 0.3) is 0 Å². The van der Waals surface area contributed by atoms with Gasteiger partial charge >= 0.3 is 0 Å². The zero-order valence-corrected chi connectivity index (χ0v) is 6.96. The molecular formula is C9H13FO2. The lowest BCUT2D eigenvalue weighted by Gasteiger charge is -2.28. The Kier molecular flexibility index (Phi) is 1.91. The van der Waals surface area contributed by atoms with Crippen LogP contribution in [0, 0.1) is 5.41 Å². The number of alkyl halides is 1. The second-order valence-electron chi connectivity index (χ2n) is 3.82. The van der Waals surface area contributed by atoms with Crippen LogP contribution in [0.3, 0.4) is 0 Å². The third-order valence-corrected chi connectivity index (χ3v) is 3.15. The van der Waals surface area contributed by atoms with Crippen molar-refractivity contribution in [3.8, 4) is 0 Å². The molecule has 3 atom stereocenters. The topological polar surface area (TPSA) is 26.3 Å². The highest BCUT2D eigenvalue weighted by atomic mass is 19.1. The Labute approximate surface area is 71.1 Å². The van der Waals surface area contributed by atoms with Gasteiger partial charge in [0.25, 0.3) is 0 Å². The smallest absolute Gasteiger partial charge is 0.128 e. The first kappa shape index (κ1) is 8.17. The highest BCUT2D eigenvalue weighted by Crippen LogP contribution is 2.48. The summed E-state index contributed by atoms with van der Waals surface area (Å²) in [4.78, 5) is 10.9. The van der Waals surface area contributed by atoms with Crippen LogP contribution in [-0.4, -0.2) is 25.2 Å². The van der Waals surface area contributed by atoms with E-state index in [4.69, 9.17) is 4.74 Å². The number of carbonyl (C=O) groups is 1. The zero-order valence-electron chi connectivity index (χ0n) is 6.96. The number of hydrogen-bond donors (Lipinski definition) is 0. The second kappa shape index (κ2) is 2.80. The number of rotatable bonds is 3. The van der Waals surface area contributed by atoms with E-state index in [-0.39, 0.29) is 12.2 Å². The fraction of sp³-hybridized carbons (Fsp3) is 0.889. The summed E-state index contributed by atoms with van der Waals surface area (Å²) in [5, 5.41) is 0. The normalized spacial score (nSPS) is 45.1. The van der Waals surface area contributed by atoms with Crippen LogP contribution in [0.2, 0.25) is 0 Å². The molecule has 3 heteroatoms. The molecule has 0 aromatic heterocycles. The second-order valence-corrected chi connectivity index (χ2v) is 3.82. The van der Waals surface area contributed by atoms with Gasteiger partial charge in [0.15, 0.2) is 0 Å². The molecule has 2 heterocycles. The van der Waals surface area contributed by atoms with Gasteiger partial charge in [-0.25, -0.2) is 0 Å². The van der Waals surface area contributed by atoms with Gasteiger partial charge in [-0.2, -0.15) is 0 Å². The van der Waals surface area contributed by atoms with Gasteiger partial charge in [0.2, 0.25) is 0 Å². The largest absolute Gasteiger partial charge is 0.374 e. The summed E-state index contributed by atoms with van der Waals surface area (Å²) < 4.78 is 17.7. The molecule has 0 aromatic rings. The number of aldehydes is 1. The van der Waals surface area contributed by atoms with Crippen molar-refractivity contribution in [1.82, 2.24) is 0 Å². The van der Waals surface area contributed by atoms with E-state index in [0.29, 0.717) is 6.42 Å². The molecule has 0 N–H and O–H groups in total. The summed E-state index contributed by atoms with van der Waals surface area (Å²) in [5.41, 5.74) is -0.475. The minimum absolute atomic E-state index is 0.00995. The molecule has 0 radical (unpaired) electrons.